The summed E-state index contributed by atoms with van der Waals surface area (Å²) < 4.78 is 1.92. The third-order valence-electron chi connectivity index (χ3n) is 2.91. The van der Waals surface area contributed by atoms with Crippen LogP contribution in [0, 0.1) is 0 Å². The van der Waals surface area contributed by atoms with Crippen molar-refractivity contribution in [3.63, 3.8) is 0 Å². The van der Waals surface area contributed by atoms with Gasteiger partial charge in [-0.3, -0.25) is 0 Å². The summed E-state index contributed by atoms with van der Waals surface area (Å²) in [5.74, 6) is 1.63. The van der Waals surface area contributed by atoms with Gasteiger partial charge in [0.05, 0.1) is 5.69 Å². The Labute approximate surface area is 117 Å². The minimum atomic E-state index is 0.748. The summed E-state index contributed by atoms with van der Waals surface area (Å²) in [6, 6.07) is 4.06. The van der Waals surface area contributed by atoms with Crippen molar-refractivity contribution in [1.29, 1.82) is 0 Å². The van der Waals surface area contributed by atoms with Gasteiger partial charge in [-0.05, 0) is 25.2 Å². The topological polar surface area (TPSA) is 55.6 Å². The molecule has 0 amide bonds. The number of hydrogen-bond acceptors (Lipinski definition) is 5. The molecule has 2 aromatic heterocycles. The number of rotatable bonds is 5. The zero-order valence-electron chi connectivity index (χ0n) is 11.8. The number of aryl methyl sites for hydroxylation is 2. The predicted octanol–water partition coefficient (Wildman–Crippen LogP) is 2.55. The van der Waals surface area contributed by atoms with Crippen molar-refractivity contribution in [3.05, 3.63) is 23.5 Å². The standard InChI is InChI=1S/C13H19N5S/c1-5-9-7-10(6-2)18(17-9)12-8-11(14-3)15-13(16-12)19-4/h7-8H,5-6H2,1-4H3,(H,14,15,16). The zero-order valence-corrected chi connectivity index (χ0v) is 12.6. The molecule has 6 heteroatoms. The van der Waals surface area contributed by atoms with Crippen molar-refractivity contribution in [2.45, 2.75) is 31.8 Å². The number of anilines is 1. The number of aromatic nitrogens is 4. The van der Waals surface area contributed by atoms with Crippen LogP contribution >= 0.6 is 11.8 Å². The highest BCUT2D eigenvalue weighted by atomic mass is 32.2. The van der Waals surface area contributed by atoms with E-state index in [1.54, 1.807) is 0 Å². The predicted molar refractivity (Wildman–Crippen MR) is 79.2 cm³/mol. The van der Waals surface area contributed by atoms with Crippen LogP contribution in [-0.2, 0) is 12.8 Å². The maximum absolute atomic E-state index is 4.61. The maximum atomic E-state index is 4.61. The number of hydrogen-bond donors (Lipinski definition) is 1. The average molecular weight is 277 g/mol. The summed E-state index contributed by atoms with van der Waals surface area (Å²) in [6.07, 6.45) is 3.83. The van der Waals surface area contributed by atoms with Gasteiger partial charge in [0.1, 0.15) is 5.82 Å². The molecule has 0 unspecified atom stereocenters. The molecule has 0 saturated heterocycles. The molecule has 2 heterocycles. The first-order chi connectivity index (χ1) is 9.21. The van der Waals surface area contributed by atoms with E-state index in [2.05, 4.69) is 40.3 Å². The molecule has 0 aliphatic rings. The molecule has 0 aromatic carbocycles. The van der Waals surface area contributed by atoms with Crippen LogP contribution in [0.15, 0.2) is 17.3 Å². The van der Waals surface area contributed by atoms with Gasteiger partial charge in [0.15, 0.2) is 11.0 Å². The van der Waals surface area contributed by atoms with Gasteiger partial charge in [-0.2, -0.15) is 5.10 Å². The smallest absolute Gasteiger partial charge is 0.191 e. The SMILES string of the molecule is CCc1cc(CC)n(-c2cc(NC)nc(SC)n2)n1. The fraction of sp³-hybridized carbons (Fsp3) is 0.462. The monoisotopic (exact) mass is 277 g/mol. The highest BCUT2D eigenvalue weighted by molar-refractivity contribution is 7.98. The van der Waals surface area contributed by atoms with Crippen molar-refractivity contribution in [1.82, 2.24) is 19.7 Å². The molecule has 0 saturated carbocycles. The van der Waals surface area contributed by atoms with Gasteiger partial charge in [-0.25, -0.2) is 14.6 Å². The summed E-state index contributed by atoms with van der Waals surface area (Å²) >= 11 is 1.53. The first-order valence-electron chi connectivity index (χ1n) is 6.40. The summed E-state index contributed by atoms with van der Waals surface area (Å²) in [6.45, 7) is 4.24. The normalized spacial score (nSPS) is 10.7. The van der Waals surface area contributed by atoms with Gasteiger partial charge in [-0.15, -0.1) is 0 Å². The maximum Gasteiger partial charge on any atom is 0.191 e. The van der Waals surface area contributed by atoms with Crippen LogP contribution < -0.4 is 5.32 Å². The van der Waals surface area contributed by atoms with Crippen molar-refractivity contribution in [2.75, 3.05) is 18.6 Å². The average Bonchev–Trinajstić information content (AvgIpc) is 2.90. The van der Waals surface area contributed by atoms with Crippen molar-refractivity contribution >= 4 is 17.6 Å². The lowest BCUT2D eigenvalue weighted by Gasteiger charge is -2.08. The molecule has 0 fully saturated rings. The molecule has 102 valence electrons. The van der Waals surface area contributed by atoms with Crippen LogP contribution in [0.5, 0.6) is 0 Å². The van der Waals surface area contributed by atoms with E-state index in [0.29, 0.717) is 0 Å². The summed E-state index contributed by atoms with van der Waals surface area (Å²) in [5.41, 5.74) is 2.26. The highest BCUT2D eigenvalue weighted by Crippen LogP contribution is 2.18. The number of nitrogens with zero attached hydrogens (tertiary/aromatic N) is 4. The quantitative estimate of drug-likeness (QED) is 0.672. The van der Waals surface area contributed by atoms with E-state index in [-0.39, 0.29) is 0 Å². The molecule has 2 rings (SSSR count). The number of nitrogens with one attached hydrogen (secondary N) is 1. The summed E-state index contributed by atoms with van der Waals surface area (Å²) in [5, 5.41) is 8.42. The minimum absolute atomic E-state index is 0.748. The Balaban J connectivity index is 2.53. The molecular weight excluding hydrogens is 258 g/mol. The van der Waals surface area contributed by atoms with Gasteiger partial charge in [0, 0.05) is 18.8 Å². The second kappa shape index (κ2) is 6.06. The van der Waals surface area contributed by atoms with Crippen LogP contribution in [0.4, 0.5) is 5.82 Å². The van der Waals surface area contributed by atoms with E-state index in [0.717, 1.165) is 35.3 Å². The largest absolute Gasteiger partial charge is 0.373 e. The molecule has 0 spiro atoms. The molecular formula is C13H19N5S. The Morgan fingerprint density at radius 2 is 2.00 bits per heavy atom. The van der Waals surface area contributed by atoms with Crippen LogP contribution in [0.3, 0.4) is 0 Å². The fourth-order valence-electron chi connectivity index (χ4n) is 1.84. The highest BCUT2D eigenvalue weighted by Gasteiger charge is 2.11. The third-order valence-corrected chi connectivity index (χ3v) is 3.45. The van der Waals surface area contributed by atoms with Gasteiger partial charge < -0.3 is 5.32 Å². The lowest BCUT2D eigenvalue weighted by molar-refractivity contribution is 0.752. The van der Waals surface area contributed by atoms with Crippen molar-refractivity contribution in [3.8, 4) is 5.82 Å². The molecule has 5 nitrogen and oxygen atoms in total. The first-order valence-corrected chi connectivity index (χ1v) is 7.63. The van der Waals surface area contributed by atoms with E-state index in [1.165, 1.54) is 17.5 Å². The molecule has 1 N–H and O–H groups in total. The molecule has 19 heavy (non-hydrogen) atoms. The Morgan fingerprint density at radius 1 is 1.21 bits per heavy atom. The fourth-order valence-corrected chi connectivity index (χ4v) is 2.21. The van der Waals surface area contributed by atoms with Gasteiger partial charge >= 0.3 is 0 Å². The molecule has 2 aromatic rings. The van der Waals surface area contributed by atoms with Gasteiger partial charge in [-0.1, -0.05) is 25.6 Å². The summed E-state index contributed by atoms with van der Waals surface area (Å²) in [4.78, 5) is 8.92. The minimum Gasteiger partial charge on any atom is -0.373 e. The molecule has 0 aliphatic carbocycles. The number of thioether (sulfide) groups is 1. The molecule has 0 radical (unpaired) electrons. The first kappa shape index (κ1) is 13.9. The van der Waals surface area contributed by atoms with E-state index in [9.17, 15) is 0 Å². The van der Waals surface area contributed by atoms with E-state index in [4.69, 9.17) is 0 Å². The van der Waals surface area contributed by atoms with E-state index >= 15 is 0 Å². The lowest BCUT2D eigenvalue weighted by Crippen LogP contribution is -2.07. The second-order valence-corrected chi connectivity index (χ2v) is 4.87. The van der Waals surface area contributed by atoms with Crippen LogP contribution in [-0.4, -0.2) is 33.1 Å². The van der Waals surface area contributed by atoms with Crippen molar-refractivity contribution in [2.24, 2.45) is 0 Å². The Bertz CT molecular complexity index is 542. The third kappa shape index (κ3) is 2.89. The van der Waals surface area contributed by atoms with Crippen LogP contribution in [0.1, 0.15) is 25.2 Å². The van der Waals surface area contributed by atoms with Gasteiger partial charge in [0.2, 0.25) is 0 Å². The second-order valence-electron chi connectivity index (χ2n) is 4.09. The zero-order chi connectivity index (χ0) is 13.8. The molecule has 0 bridgehead atoms. The van der Waals surface area contributed by atoms with E-state index < -0.39 is 0 Å². The lowest BCUT2D eigenvalue weighted by atomic mass is 10.2. The van der Waals surface area contributed by atoms with E-state index in [1.807, 2.05) is 24.1 Å². The van der Waals surface area contributed by atoms with Crippen molar-refractivity contribution < 1.29 is 0 Å². The van der Waals surface area contributed by atoms with Crippen LogP contribution in [0.2, 0.25) is 0 Å². The Morgan fingerprint density at radius 3 is 2.58 bits per heavy atom. The molecule has 0 aliphatic heterocycles. The summed E-state index contributed by atoms with van der Waals surface area (Å²) in [7, 11) is 1.86. The Hall–Kier alpha value is -1.56. The van der Waals surface area contributed by atoms with Crippen LogP contribution in [0.25, 0.3) is 5.82 Å². The molecule has 0 atom stereocenters. The van der Waals surface area contributed by atoms with Gasteiger partial charge in [0.25, 0.3) is 0 Å². The Kier molecular flexibility index (Phi) is 4.42.